The first kappa shape index (κ1) is 10.8. The molecule has 78 valence electrons. The Labute approximate surface area is 84.7 Å². The molecule has 1 aromatic rings. The SMILES string of the molecule is N=C/C=N\Nc1ccc(F)c(C(=O)O)c1. The Kier molecular flexibility index (Phi) is 3.50. The van der Waals surface area contributed by atoms with Crippen molar-refractivity contribution in [1.29, 1.82) is 5.41 Å². The molecular weight excluding hydrogens is 201 g/mol. The summed E-state index contributed by atoms with van der Waals surface area (Å²) in [5.41, 5.74) is 2.37. The molecule has 0 amide bonds. The van der Waals surface area contributed by atoms with E-state index in [9.17, 15) is 9.18 Å². The van der Waals surface area contributed by atoms with Crippen molar-refractivity contribution in [3.63, 3.8) is 0 Å². The number of carboxylic acid groups (broad SMARTS) is 1. The summed E-state index contributed by atoms with van der Waals surface area (Å²) < 4.78 is 12.9. The van der Waals surface area contributed by atoms with Crippen molar-refractivity contribution in [2.24, 2.45) is 5.10 Å². The number of nitrogens with one attached hydrogen (secondary N) is 2. The van der Waals surface area contributed by atoms with E-state index in [2.05, 4.69) is 10.5 Å². The highest BCUT2D eigenvalue weighted by Gasteiger charge is 2.10. The number of benzene rings is 1. The summed E-state index contributed by atoms with van der Waals surface area (Å²) >= 11 is 0. The fourth-order valence-corrected chi connectivity index (χ4v) is 0.908. The molecule has 0 aliphatic carbocycles. The summed E-state index contributed by atoms with van der Waals surface area (Å²) in [4.78, 5) is 10.6. The van der Waals surface area contributed by atoms with Gasteiger partial charge in [0, 0.05) is 6.21 Å². The lowest BCUT2D eigenvalue weighted by Gasteiger charge is -2.02. The lowest BCUT2D eigenvalue weighted by molar-refractivity contribution is 0.0692. The second-order valence-electron chi connectivity index (χ2n) is 2.56. The smallest absolute Gasteiger partial charge is 0.338 e. The van der Waals surface area contributed by atoms with Gasteiger partial charge in [-0.1, -0.05) is 0 Å². The summed E-state index contributed by atoms with van der Waals surface area (Å²) in [6, 6.07) is 3.51. The van der Waals surface area contributed by atoms with Crippen molar-refractivity contribution in [3.8, 4) is 0 Å². The average molecular weight is 209 g/mol. The number of hydrazone groups is 1. The van der Waals surface area contributed by atoms with Gasteiger partial charge in [0.2, 0.25) is 0 Å². The lowest BCUT2D eigenvalue weighted by atomic mass is 10.2. The number of halogens is 1. The first-order valence-corrected chi connectivity index (χ1v) is 3.96. The molecule has 0 unspecified atom stereocenters. The molecule has 0 aromatic heterocycles. The average Bonchev–Trinajstić information content (AvgIpc) is 2.20. The molecule has 0 aliphatic heterocycles. The van der Waals surface area contributed by atoms with Crippen LogP contribution in [0.5, 0.6) is 0 Å². The lowest BCUT2D eigenvalue weighted by Crippen LogP contribution is -2.01. The van der Waals surface area contributed by atoms with Gasteiger partial charge in [0.1, 0.15) is 5.82 Å². The van der Waals surface area contributed by atoms with E-state index in [1.807, 2.05) is 0 Å². The fourth-order valence-electron chi connectivity index (χ4n) is 0.908. The van der Waals surface area contributed by atoms with E-state index in [-0.39, 0.29) is 0 Å². The van der Waals surface area contributed by atoms with Crippen LogP contribution in [-0.2, 0) is 0 Å². The van der Waals surface area contributed by atoms with Gasteiger partial charge in [-0.25, -0.2) is 9.18 Å². The number of carboxylic acids is 1. The van der Waals surface area contributed by atoms with Crippen LogP contribution < -0.4 is 5.43 Å². The van der Waals surface area contributed by atoms with E-state index in [4.69, 9.17) is 10.5 Å². The quantitative estimate of drug-likeness (QED) is 0.519. The van der Waals surface area contributed by atoms with E-state index in [0.29, 0.717) is 5.69 Å². The highest BCUT2D eigenvalue weighted by atomic mass is 19.1. The first-order chi connectivity index (χ1) is 7.15. The van der Waals surface area contributed by atoms with Crippen molar-refractivity contribution in [2.75, 3.05) is 5.43 Å². The zero-order valence-electron chi connectivity index (χ0n) is 7.57. The molecule has 0 radical (unpaired) electrons. The molecule has 0 bridgehead atoms. The molecule has 6 heteroatoms. The van der Waals surface area contributed by atoms with Crippen molar-refractivity contribution in [1.82, 2.24) is 0 Å². The third-order valence-corrected chi connectivity index (χ3v) is 1.54. The van der Waals surface area contributed by atoms with Gasteiger partial charge in [0.25, 0.3) is 0 Å². The molecule has 1 aromatic carbocycles. The van der Waals surface area contributed by atoms with Gasteiger partial charge in [-0.2, -0.15) is 5.10 Å². The highest BCUT2D eigenvalue weighted by Crippen LogP contribution is 2.14. The maximum Gasteiger partial charge on any atom is 0.338 e. The normalized spacial score (nSPS) is 10.2. The van der Waals surface area contributed by atoms with Crippen LogP contribution in [0.1, 0.15) is 10.4 Å². The molecular formula is C9H8FN3O2. The predicted octanol–water partition coefficient (Wildman–Crippen LogP) is 1.57. The van der Waals surface area contributed by atoms with Crippen molar-refractivity contribution in [3.05, 3.63) is 29.6 Å². The summed E-state index contributed by atoms with van der Waals surface area (Å²) in [5.74, 6) is -2.14. The molecule has 0 heterocycles. The number of carbonyl (C=O) groups is 1. The van der Waals surface area contributed by atoms with Crippen LogP contribution in [0.4, 0.5) is 10.1 Å². The molecule has 3 N–H and O–H groups in total. The number of nitrogens with zero attached hydrogens (tertiary/aromatic N) is 1. The minimum Gasteiger partial charge on any atom is -0.478 e. The number of rotatable bonds is 4. The standard InChI is InChI=1S/C9H8FN3O2/c10-8-2-1-6(13-12-4-3-11)5-7(8)9(14)15/h1-5,11,13H,(H,14,15)/b11-3?,12-4-. The molecule has 0 spiro atoms. The zero-order chi connectivity index (χ0) is 11.3. The van der Waals surface area contributed by atoms with Crippen LogP contribution in [0.15, 0.2) is 23.3 Å². The van der Waals surface area contributed by atoms with Crippen LogP contribution in [-0.4, -0.2) is 23.5 Å². The number of anilines is 1. The van der Waals surface area contributed by atoms with E-state index in [1.165, 1.54) is 12.3 Å². The van der Waals surface area contributed by atoms with Gasteiger partial charge in [0.15, 0.2) is 0 Å². The summed E-state index contributed by atoms with van der Waals surface area (Å²) in [6.45, 7) is 0. The summed E-state index contributed by atoms with van der Waals surface area (Å²) in [5, 5.41) is 18.8. The minimum absolute atomic E-state index is 0.340. The maximum absolute atomic E-state index is 12.9. The predicted molar refractivity (Wildman–Crippen MR) is 54.3 cm³/mol. The van der Waals surface area contributed by atoms with E-state index in [1.54, 1.807) is 0 Å². The third-order valence-electron chi connectivity index (χ3n) is 1.54. The molecule has 0 atom stereocenters. The summed E-state index contributed by atoms with van der Waals surface area (Å²) in [6.07, 6.45) is 2.12. The van der Waals surface area contributed by atoms with Gasteiger partial charge in [-0.15, -0.1) is 0 Å². The molecule has 1 rings (SSSR count). The Morgan fingerprint density at radius 1 is 1.60 bits per heavy atom. The molecule has 0 fully saturated rings. The molecule has 0 saturated heterocycles. The van der Waals surface area contributed by atoms with Crippen LogP contribution in [0.2, 0.25) is 0 Å². The highest BCUT2D eigenvalue weighted by molar-refractivity contribution is 6.14. The number of hydrogen-bond donors (Lipinski definition) is 3. The Balaban J connectivity index is 2.92. The second-order valence-corrected chi connectivity index (χ2v) is 2.56. The largest absolute Gasteiger partial charge is 0.478 e. The fraction of sp³-hybridized carbons (Fsp3) is 0. The molecule has 15 heavy (non-hydrogen) atoms. The zero-order valence-corrected chi connectivity index (χ0v) is 7.57. The van der Waals surface area contributed by atoms with Crippen LogP contribution >= 0.6 is 0 Å². The van der Waals surface area contributed by atoms with E-state index < -0.39 is 17.3 Å². The Hall–Kier alpha value is -2.24. The maximum atomic E-state index is 12.9. The van der Waals surface area contributed by atoms with E-state index in [0.717, 1.165) is 18.3 Å². The first-order valence-electron chi connectivity index (χ1n) is 3.96. The topological polar surface area (TPSA) is 85.5 Å². The van der Waals surface area contributed by atoms with Crippen molar-refractivity contribution in [2.45, 2.75) is 0 Å². The number of aromatic carboxylic acids is 1. The van der Waals surface area contributed by atoms with Gasteiger partial charge < -0.3 is 10.5 Å². The van der Waals surface area contributed by atoms with E-state index >= 15 is 0 Å². The monoisotopic (exact) mass is 209 g/mol. The van der Waals surface area contributed by atoms with Gasteiger partial charge in [-0.3, -0.25) is 5.43 Å². The van der Waals surface area contributed by atoms with Crippen LogP contribution in [0.25, 0.3) is 0 Å². The van der Waals surface area contributed by atoms with Gasteiger partial charge >= 0.3 is 5.97 Å². The molecule has 5 nitrogen and oxygen atoms in total. The van der Waals surface area contributed by atoms with Crippen LogP contribution in [0.3, 0.4) is 0 Å². The van der Waals surface area contributed by atoms with Gasteiger partial charge in [-0.05, 0) is 18.2 Å². The van der Waals surface area contributed by atoms with Crippen molar-refractivity contribution >= 4 is 24.1 Å². The summed E-state index contributed by atoms with van der Waals surface area (Å²) in [7, 11) is 0. The molecule has 0 aliphatic rings. The Morgan fingerprint density at radius 3 is 2.93 bits per heavy atom. The Bertz CT molecular complexity index is 418. The Morgan fingerprint density at radius 2 is 2.33 bits per heavy atom. The molecule has 0 saturated carbocycles. The minimum atomic E-state index is -1.34. The van der Waals surface area contributed by atoms with Crippen LogP contribution in [0, 0.1) is 11.2 Å². The number of hydrogen-bond acceptors (Lipinski definition) is 4. The van der Waals surface area contributed by atoms with Gasteiger partial charge in [0.05, 0.1) is 17.5 Å². The third kappa shape index (κ3) is 2.87. The van der Waals surface area contributed by atoms with Crippen molar-refractivity contribution < 1.29 is 14.3 Å². The second kappa shape index (κ2) is 4.85.